The number of aryl methyl sites for hydroxylation is 1. The minimum absolute atomic E-state index is 0.0563. The molecule has 0 N–H and O–H groups in total. The Balaban J connectivity index is 1.37. The van der Waals surface area contributed by atoms with Gasteiger partial charge in [0, 0.05) is 17.8 Å². The average molecular weight is 496 g/mol. The number of allylic oxidation sites excluding steroid dienone is 1. The summed E-state index contributed by atoms with van der Waals surface area (Å²) in [5, 5.41) is 19.8. The second-order valence-electron chi connectivity index (χ2n) is 7.38. The molecule has 4 aromatic rings. The summed E-state index contributed by atoms with van der Waals surface area (Å²) in [5.41, 5.74) is 1.83. The third-order valence-electron chi connectivity index (χ3n) is 5.30. The second kappa shape index (κ2) is 9.50. The van der Waals surface area contributed by atoms with Gasteiger partial charge in [0.2, 0.25) is 0 Å². The van der Waals surface area contributed by atoms with Crippen LogP contribution >= 0.6 is 34.4 Å². The van der Waals surface area contributed by atoms with Gasteiger partial charge in [-0.15, -0.1) is 39.4 Å². The Bertz CT molecular complexity index is 1290. The molecule has 0 bridgehead atoms. The summed E-state index contributed by atoms with van der Waals surface area (Å²) < 4.78 is 7.38. The number of thiophene rings is 2. The fraction of sp³-hybridized carbons (Fsp3) is 0.217. The molecule has 0 aliphatic carbocycles. The van der Waals surface area contributed by atoms with Crippen molar-refractivity contribution < 1.29 is 9.21 Å². The number of thioether (sulfide) groups is 1. The van der Waals surface area contributed by atoms with Crippen molar-refractivity contribution >= 4 is 46.1 Å². The first-order valence-corrected chi connectivity index (χ1v) is 13.1. The van der Waals surface area contributed by atoms with Crippen molar-refractivity contribution in [1.29, 1.82) is 0 Å². The van der Waals surface area contributed by atoms with Crippen molar-refractivity contribution in [3.8, 4) is 11.4 Å². The van der Waals surface area contributed by atoms with E-state index in [1.807, 2.05) is 40.5 Å². The van der Waals surface area contributed by atoms with Gasteiger partial charge < -0.3 is 4.42 Å². The standard InChI is InChI=1S/C23H21N5O2S3/c1-3-9-27-22(16-8-10-30-15(16)2)24-25-23(27)33-14-21(29)28-18(20-7-5-12-32-20)13-17(26-28)19-6-4-11-31-19/h3-8,10-12,18H,1,9,13-14H2,2H3/t18-/m1/s1. The van der Waals surface area contributed by atoms with Crippen LogP contribution < -0.4 is 0 Å². The highest BCUT2D eigenvalue weighted by atomic mass is 32.2. The van der Waals surface area contributed by atoms with Crippen LogP contribution in [-0.4, -0.2) is 37.1 Å². The van der Waals surface area contributed by atoms with Gasteiger partial charge >= 0.3 is 0 Å². The molecule has 0 radical (unpaired) electrons. The van der Waals surface area contributed by atoms with Crippen LogP contribution in [0.1, 0.15) is 28.0 Å². The predicted molar refractivity (Wildman–Crippen MR) is 133 cm³/mol. The van der Waals surface area contributed by atoms with Crippen molar-refractivity contribution in [3.05, 3.63) is 75.5 Å². The van der Waals surface area contributed by atoms with Crippen LogP contribution in [0.5, 0.6) is 0 Å². The van der Waals surface area contributed by atoms with Crippen molar-refractivity contribution in [2.24, 2.45) is 5.10 Å². The summed E-state index contributed by atoms with van der Waals surface area (Å²) in [6.07, 6.45) is 4.14. The zero-order valence-corrected chi connectivity index (χ0v) is 20.3. The van der Waals surface area contributed by atoms with E-state index in [4.69, 9.17) is 9.52 Å². The number of amides is 1. The van der Waals surface area contributed by atoms with Crippen molar-refractivity contribution in [1.82, 2.24) is 19.8 Å². The van der Waals surface area contributed by atoms with Gasteiger partial charge in [0.1, 0.15) is 5.76 Å². The Morgan fingerprint density at radius 2 is 2.12 bits per heavy atom. The maximum atomic E-state index is 13.3. The molecule has 5 rings (SSSR count). The molecule has 168 valence electrons. The van der Waals surface area contributed by atoms with E-state index in [1.165, 1.54) is 11.8 Å². The smallest absolute Gasteiger partial charge is 0.253 e. The van der Waals surface area contributed by atoms with Crippen LogP contribution in [0.3, 0.4) is 0 Å². The summed E-state index contributed by atoms with van der Waals surface area (Å²) in [5.74, 6) is 1.63. The summed E-state index contributed by atoms with van der Waals surface area (Å²) >= 11 is 4.65. The molecule has 4 aromatic heterocycles. The lowest BCUT2D eigenvalue weighted by atomic mass is 10.1. The molecular weight excluding hydrogens is 474 g/mol. The third-order valence-corrected chi connectivity index (χ3v) is 8.14. The molecule has 0 spiro atoms. The Hall–Kier alpha value is -2.95. The second-order valence-corrected chi connectivity index (χ2v) is 10.3. The van der Waals surface area contributed by atoms with Crippen molar-refractivity contribution in [2.45, 2.75) is 31.1 Å². The molecule has 0 saturated heterocycles. The highest BCUT2D eigenvalue weighted by Gasteiger charge is 2.34. The molecule has 0 unspecified atom stereocenters. The minimum Gasteiger partial charge on any atom is -0.469 e. The number of hydrazone groups is 1. The van der Waals surface area contributed by atoms with Gasteiger partial charge in [0.05, 0.1) is 34.2 Å². The van der Waals surface area contributed by atoms with Gasteiger partial charge in [0.25, 0.3) is 5.91 Å². The molecule has 0 fully saturated rings. The van der Waals surface area contributed by atoms with Crippen LogP contribution in [0.4, 0.5) is 0 Å². The molecule has 1 aliphatic heterocycles. The topological polar surface area (TPSA) is 76.5 Å². The number of aromatic nitrogens is 3. The van der Waals surface area contributed by atoms with E-state index in [2.05, 4.69) is 28.9 Å². The Morgan fingerprint density at radius 1 is 1.27 bits per heavy atom. The van der Waals surface area contributed by atoms with Gasteiger partial charge in [-0.1, -0.05) is 30.0 Å². The molecule has 0 aromatic carbocycles. The maximum absolute atomic E-state index is 13.3. The van der Waals surface area contributed by atoms with E-state index < -0.39 is 0 Å². The SMILES string of the molecule is C=CCn1c(SCC(=O)N2N=C(c3cccs3)C[C@@H]2c2cccs2)nnc1-c1ccoc1C. The number of carbonyl (C=O) groups excluding carboxylic acids is 1. The van der Waals surface area contributed by atoms with E-state index in [-0.39, 0.29) is 17.7 Å². The molecule has 0 saturated carbocycles. The monoisotopic (exact) mass is 495 g/mol. The molecule has 5 heterocycles. The quantitative estimate of drug-likeness (QED) is 0.234. The Kier molecular flexibility index (Phi) is 6.30. The fourth-order valence-corrected chi connectivity index (χ4v) is 6.07. The predicted octanol–water partition coefficient (Wildman–Crippen LogP) is 5.63. The van der Waals surface area contributed by atoms with Crippen LogP contribution in [0.15, 0.2) is 74.7 Å². The van der Waals surface area contributed by atoms with Crippen LogP contribution in [0.25, 0.3) is 11.4 Å². The number of rotatable bonds is 8. The molecule has 1 atom stereocenters. The molecular formula is C23H21N5O2S3. The van der Waals surface area contributed by atoms with Crippen molar-refractivity contribution in [3.63, 3.8) is 0 Å². The Morgan fingerprint density at radius 3 is 2.82 bits per heavy atom. The summed E-state index contributed by atoms with van der Waals surface area (Å²) in [7, 11) is 0. The average Bonchev–Trinajstić information content (AvgIpc) is 3.63. The molecule has 1 aliphatic rings. The highest BCUT2D eigenvalue weighted by Crippen LogP contribution is 2.36. The largest absolute Gasteiger partial charge is 0.469 e. The first-order chi connectivity index (χ1) is 16.2. The maximum Gasteiger partial charge on any atom is 0.253 e. The van der Waals surface area contributed by atoms with Gasteiger partial charge in [-0.2, -0.15) is 5.10 Å². The van der Waals surface area contributed by atoms with E-state index >= 15 is 0 Å². The van der Waals surface area contributed by atoms with E-state index in [0.29, 0.717) is 23.9 Å². The lowest BCUT2D eigenvalue weighted by Gasteiger charge is -2.20. The van der Waals surface area contributed by atoms with Crippen LogP contribution in [0.2, 0.25) is 0 Å². The first-order valence-electron chi connectivity index (χ1n) is 10.3. The third kappa shape index (κ3) is 4.33. The van der Waals surface area contributed by atoms with Crippen LogP contribution in [-0.2, 0) is 11.3 Å². The van der Waals surface area contributed by atoms with Crippen LogP contribution in [0, 0.1) is 6.92 Å². The molecule has 7 nitrogen and oxygen atoms in total. The summed E-state index contributed by atoms with van der Waals surface area (Å²) in [6, 6.07) is 9.93. The number of hydrogen-bond donors (Lipinski definition) is 0. The molecule has 1 amide bonds. The highest BCUT2D eigenvalue weighted by molar-refractivity contribution is 7.99. The first kappa shape index (κ1) is 21.9. The van der Waals surface area contributed by atoms with E-state index in [9.17, 15) is 4.79 Å². The molecule has 33 heavy (non-hydrogen) atoms. The van der Waals surface area contributed by atoms with E-state index in [0.717, 1.165) is 26.8 Å². The number of nitrogens with zero attached hydrogens (tertiary/aromatic N) is 5. The van der Waals surface area contributed by atoms with Crippen molar-refractivity contribution in [2.75, 3.05) is 5.75 Å². The number of carbonyl (C=O) groups is 1. The minimum atomic E-state index is -0.0783. The number of furan rings is 1. The summed E-state index contributed by atoms with van der Waals surface area (Å²) in [6.45, 7) is 6.27. The van der Waals surface area contributed by atoms with Gasteiger partial charge in [-0.3, -0.25) is 9.36 Å². The number of hydrogen-bond acceptors (Lipinski definition) is 8. The van der Waals surface area contributed by atoms with Gasteiger partial charge in [0.15, 0.2) is 11.0 Å². The lowest BCUT2D eigenvalue weighted by Crippen LogP contribution is -2.28. The van der Waals surface area contributed by atoms with E-state index in [1.54, 1.807) is 40.0 Å². The van der Waals surface area contributed by atoms with Gasteiger partial charge in [-0.05, 0) is 35.9 Å². The van der Waals surface area contributed by atoms with Gasteiger partial charge in [-0.25, -0.2) is 5.01 Å². The molecule has 10 heteroatoms. The zero-order valence-electron chi connectivity index (χ0n) is 17.9. The lowest BCUT2D eigenvalue weighted by molar-refractivity contribution is -0.130. The summed E-state index contributed by atoms with van der Waals surface area (Å²) in [4.78, 5) is 15.5. The Labute approximate surface area is 203 Å². The fourth-order valence-electron chi connectivity index (χ4n) is 3.73. The zero-order chi connectivity index (χ0) is 22.8. The normalized spacial score (nSPS) is 15.7.